The summed E-state index contributed by atoms with van der Waals surface area (Å²) >= 11 is 0. The lowest BCUT2D eigenvalue weighted by Gasteiger charge is -2.38. The van der Waals surface area contributed by atoms with Gasteiger partial charge in [0.1, 0.15) is 0 Å². The topological polar surface area (TPSA) is 6.48 Å². The molecule has 0 unspecified atom stereocenters. The van der Waals surface area contributed by atoms with Crippen molar-refractivity contribution in [3.05, 3.63) is 12.2 Å². The molecule has 2 fully saturated rings. The van der Waals surface area contributed by atoms with Crippen LogP contribution in [0.2, 0.25) is 0 Å². The highest BCUT2D eigenvalue weighted by molar-refractivity contribution is 5.10. The zero-order valence-corrected chi connectivity index (χ0v) is 11.3. The molecular formula is C15H26N2. The summed E-state index contributed by atoms with van der Waals surface area (Å²) in [6.07, 6.45) is 7.86. The van der Waals surface area contributed by atoms with E-state index in [0.29, 0.717) is 0 Å². The van der Waals surface area contributed by atoms with Gasteiger partial charge in [-0.25, -0.2) is 0 Å². The molecular weight excluding hydrogens is 208 g/mol. The summed E-state index contributed by atoms with van der Waals surface area (Å²) in [5.41, 5.74) is 0. The number of allylic oxidation sites excluding steroid dienone is 2. The lowest BCUT2D eigenvalue weighted by molar-refractivity contribution is 0.0932. The van der Waals surface area contributed by atoms with Gasteiger partial charge in [-0.15, -0.1) is 0 Å². The van der Waals surface area contributed by atoms with E-state index in [9.17, 15) is 0 Å². The molecule has 2 aliphatic carbocycles. The number of rotatable bonds is 3. The SMILES string of the molecule is CC(C)N1CCN(C[C@H]2C[C@H]3C=C[C@@H]2C3)CC1. The predicted octanol–water partition coefficient (Wildman–Crippen LogP) is 2.22. The summed E-state index contributed by atoms with van der Waals surface area (Å²) in [5.74, 6) is 2.82. The molecule has 2 bridgehead atoms. The van der Waals surface area contributed by atoms with Gasteiger partial charge in [0.05, 0.1) is 0 Å². The van der Waals surface area contributed by atoms with Crippen molar-refractivity contribution in [2.24, 2.45) is 17.8 Å². The number of hydrogen-bond donors (Lipinski definition) is 0. The van der Waals surface area contributed by atoms with Gasteiger partial charge in [-0.2, -0.15) is 0 Å². The average Bonchev–Trinajstić information content (AvgIpc) is 2.91. The van der Waals surface area contributed by atoms with Crippen molar-refractivity contribution in [3.63, 3.8) is 0 Å². The minimum absolute atomic E-state index is 0.725. The molecule has 1 saturated carbocycles. The fourth-order valence-corrected chi connectivity index (χ4v) is 3.90. The van der Waals surface area contributed by atoms with E-state index in [1.807, 2.05) is 0 Å². The molecule has 0 aromatic heterocycles. The lowest BCUT2D eigenvalue weighted by Crippen LogP contribution is -2.50. The maximum Gasteiger partial charge on any atom is 0.0113 e. The maximum atomic E-state index is 2.71. The predicted molar refractivity (Wildman–Crippen MR) is 72.0 cm³/mol. The Balaban J connectivity index is 1.47. The van der Waals surface area contributed by atoms with E-state index in [1.165, 1.54) is 45.6 Å². The van der Waals surface area contributed by atoms with Gasteiger partial charge in [0, 0.05) is 38.8 Å². The summed E-state index contributed by atoms with van der Waals surface area (Å²) in [6.45, 7) is 11.1. The molecule has 3 rings (SSSR count). The van der Waals surface area contributed by atoms with Gasteiger partial charge in [-0.1, -0.05) is 12.2 Å². The Kier molecular flexibility index (Phi) is 3.27. The molecule has 0 spiro atoms. The van der Waals surface area contributed by atoms with Gasteiger partial charge in [-0.3, -0.25) is 4.90 Å². The van der Waals surface area contributed by atoms with Crippen LogP contribution in [-0.2, 0) is 0 Å². The van der Waals surface area contributed by atoms with Crippen molar-refractivity contribution in [2.45, 2.75) is 32.7 Å². The van der Waals surface area contributed by atoms with E-state index < -0.39 is 0 Å². The van der Waals surface area contributed by atoms with Crippen LogP contribution >= 0.6 is 0 Å². The highest BCUT2D eigenvalue weighted by atomic mass is 15.3. The van der Waals surface area contributed by atoms with Crippen LogP contribution in [0.5, 0.6) is 0 Å². The van der Waals surface area contributed by atoms with Gasteiger partial charge >= 0.3 is 0 Å². The van der Waals surface area contributed by atoms with Crippen LogP contribution in [0.3, 0.4) is 0 Å². The highest BCUT2D eigenvalue weighted by Gasteiger charge is 2.36. The fourth-order valence-electron chi connectivity index (χ4n) is 3.90. The first-order valence-corrected chi connectivity index (χ1v) is 7.37. The Morgan fingerprint density at radius 1 is 1.06 bits per heavy atom. The second-order valence-electron chi connectivity index (χ2n) is 6.47. The molecule has 3 aliphatic rings. The van der Waals surface area contributed by atoms with Crippen LogP contribution in [0.25, 0.3) is 0 Å². The van der Waals surface area contributed by atoms with Crippen molar-refractivity contribution in [1.29, 1.82) is 0 Å². The number of nitrogens with zero attached hydrogens (tertiary/aromatic N) is 2. The molecule has 1 aliphatic heterocycles. The molecule has 1 heterocycles. The summed E-state index contributed by atoms with van der Waals surface area (Å²) in [5, 5.41) is 0. The monoisotopic (exact) mass is 234 g/mol. The summed E-state index contributed by atoms with van der Waals surface area (Å²) < 4.78 is 0. The number of fused-ring (bicyclic) bond motifs is 2. The quantitative estimate of drug-likeness (QED) is 0.691. The minimum Gasteiger partial charge on any atom is -0.300 e. The van der Waals surface area contributed by atoms with Crippen LogP contribution in [0.15, 0.2) is 12.2 Å². The Hall–Kier alpha value is -0.340. The van der Waals surface area contributed by atoms with Crippen LogP contribution in [-0.4, -0.2) is 48.6 Å². The Morgan fingerprint density at radius 2 is 1.82 bits per heavy atom. The van der Waals surface area contributed by atoms with Crippen LogP contribution in [0.1, 0.15) is 26.7 Å². The van der Waals surface area contributed by atoms with E-state index in [2.05, 4.69) is 35.8 Å². The van der Waals surface area contributed by atoms with E-state index >= 15 is 0 Å². The third-order valence-electron chi connectivity index (χ3n) is 5.05. The number of piperazine rings is 1. The molecule has 0 N–H and O–H groups in total. The van der Waals surface area contributed by atoms with Crippen LogP contribution in [0, 0.1) is 17.8 Å². The zero-order valence-electron chi connectivity index (χ0n) is 11.3. The third kappa shape index (κ3) is 2.43. The van der Waals surface area contributed by atoms with E-state index in [0.717, 1.165) is 23.8 Å². The number of hydrogen-bond acceptors (Lipinski definition) is 2. The third-order valence-corrected chi connectivity index (χ3v) is 5.05. The van der Waals surface area contributed by atoms with Crippen molar-refractivity contribution in [1.82, 2.24) is 9.80 Å². The van der Waals surface area contributed by atoms with Crippen LogP contribution in [0.4, 0.5) is 0 Å². The maximum absolute atomic E-state index is 2.71. The second-order valence-corrected chi connectivity index (χ2v) is 6.47. The van der Waals surface area contributed by atoms with Crippen LogP contribution < -0.4 is 0 Å². The van der Waals surface area contributed by atoms with Gasteiger partial charge in [0.2, 0.25) is 0 Å². The Labute approximate surface area is 106 Å². The van der Waals surface area contributed by atoms with Gasteiger partial charge < -0.3 is 4.90 Å². The Bertz CT molecular complexity index is 289. The normalized spacial score (nSPS) is 38.4. The summed E-state index contributed by atoms with van der Waals surface area (Å²) in [6, 6.07) is 0.725. The van der Waals surface area contributed by atoms with E-state index in [-0.39, 0.29) is 0 Å². The zero-order chi connectivity index (χ0) is 11.8. The van der Waals surface area contributed by atoms with E-state index in [1.54, 1.807) is 0 Å². The fraction of sp³-hybridized carbons (Fsp3) is 0.867. The van der Waals surface area contributed by atoms with E-state index in [4.69, 9.17) is 0 Å². The molecule has 0 aromatic carbocycles. The molecule has 96 valence electrons. The molecule has 0 amide bonds. The molecule has 0 aromatic rings. The standard InChI is InChI=1S/C15H26N2/c1-12(2)17-7-5-16(6-8-17)11-15-10-13-3-4-14(15)9-13/h3-4,12-15H,5-11H2,1-2H3/t13-,14+,15+/m0/s1. The van der Waals surface area contributed by atoms with Crippen molar-refractivity contribution in [3.8, 4) is 0 Å². The summed E-state index contributed by atoms with van der Waals surface area (Å²) in [4.78, 5) is 5.31. The molecule has 2 nitrogen and oxygen atoms in total. The first-order valence-electron chi connectivity index (χ1n) is 7.37. The first kappa shape index (κ1) is 11.7. The largest absolute Gasteiger partial charge is 0.300 e. The first-order chi connectivity index (χ1) is 8.22. The smallest absolute Gasteiger partial charge is 0.0113 e. The molecule has 0 radical (unpaired) electrons. The molecule has 1 saturated heterocycles. The summed E-state index contributed by atoms with van der Waals surface area (Å²) in [7, 11) is 0. The highest BCUT2D eigenvalue weighted by Crippen LogP contribution is 2.43. The van der Waals surface area contributed by atoms with Gasteiger partial charge in [-0.05, 0) is 44.4 Å². The molecule has 2 heteroatoms. The molecule has 3 atom stereocenters. The Morgan fingerprint density at radius 3 is 2.35 bits per heavy atom. The lowest BCUT2D eigenvalue weighted by atomic mass is 9.93. The second kappa shape index (κ2) is 4.74. The van der Waals surface area contributed by atoms with Crippen molar-refractivity contribution >= 4 is 0 Å². The average molecular weight is 234 g/mol. The van der Waals surface area contributed by atoms with Gasteiger partial charge in [0.15, 0.2) is 0 Å². The van der Waals surface area contributed by atoms with Crippen molar-refractivity contribution in [2.75, 3.05) is 32.7 Å². The van der Waals surface area contributed by atoms with Gasteiger partial charge in [0.25, 0.3) is 0 Å². The van der Waals surface area contributed by atoms with Crippen molar-refractivity contribution < 1.29 is 0 Å². The molecule has 17 heavy (non-hydrogen) atoms. The minimum atomic E-state index is 0.725.